The van der Waals surface area contributed by atoms with E-state index >= 15 is 0 Å². The van der Waals surface area contributed by atoms with Crippen molar-refractivity contribution in [1.82, 2.24) is 9.97 Å². The Balaban J connectivity index is 1.45. The van der Waals surface area contributed by atoms with Gasteiger partial charge in [-0.25, -0.2) is 9.97 Å². The van der Waals surface area contributed by atoms with Crippen molar-refractivity contribution in [2.75, 3.05) is 17.4 Å². The Kier molecular flexibility index (Phi) is 4.12. The van der Waals surface area contributed by atoms with Crippen LogP contribution in [0.15, 0.2) is 41.9 Å². The minimum Gasteiger partial charge on any atom is -0.454 e. The Morgan fingerprint density at radius 3 is 2.96 bits per heavy atom. The van der Waals surface area contributed by atoms with Gasteiger partial charge >= 0.3 is 0 Å². The van der Waals surface area contributed by atoms with Crippen LogP contribution in [0.2, 0.25) is 5.02 Å². The molecule has 1 aliphatic rings. The SMILES string of the molecule is O=C(Nc1cc(Cl)ccn1)c1csc(Nc2ccc3c(c2)OCO3)n1. The van der Waals surface area contributed by atoms with Crippen molar-refractivity contribution in [3.05, 3.63) is 52.6 Å². The van der Waals surface area contributed by atoms with E-state index in [1.165, 1.54) is 17.5 Å². The average molecular weight is 375 g/mol. The minimum atomic E-state index is -0.357. The van der Waals surface area contributed by atoms with E-state index in [1.807, 2.05) is 18.2 Å². The molecule has 7 nitrogen and oxygen atoms in total. The van der Waals surface area contributed by atoms with Gasteiger partial charge in [-0.05, 0) is 24.3 Å². The lowest BCUT2D eigenvalue weighted by molar-refractivity contribution is 0.102. The number of aromatic nitrogens is 2. The number of ether oxygens (including phenoxy) is 2. The van der Waals surface area contributed by atoms with E-state index in [0.717, 1.165) is 5.69 Å². The molecule has 0 aliphatic carbocycles. The van der Waals surface area contributed by atoms with Crippen LogP contribution >= 0.6 is 22.9 Å². The number of rotatable bonds is 4. The minimum absolute atomic E-state index is 0.220. The fraction of sp³-hybridized carbons (Fsp3) is 0.0625. The van der Waals surface area contributed by atoms with Gasteiger partial charge in [0.25, 0.3) is 5.91 Å². The fourth-order valence-corrected chi connectivity index (χ4v) is 3.06. The monoisotopic (exact) mass is 374 g/mol. The highest BCUT2D eigenvalue weighted by Gasteiger charge is 2.15. The van der Waals surface area contributed by atoms with Crippen molar-refractivity contribution in [2.24, 2.45) is 0 Å². The summed E-state index contributed by atoms with van der Waals surface area (Å²) in [6.45, 7) is 0.220. The number of thiazole rings is 1. The summed E-state index contributed by atoms with van der Waals surface area (Å²) in [7, 11) is 0. The maximum atomic E-state index is 12.2. The van der Waals surface area contributed by atoms with Gasteiger partial charge in [-0.3, -0.25) is 4.79 Å². The van der Waals surface area contributed by atoms with Crippen molar-refractivity contribution in [3.63, 3.8) is 0 Å². The number of amides is 1. The summed E-state index contributed by atoms with van der Waals surface area (Å²) >= 11 is 7.19. The molecule has 0 spiro atoms. The van der Waals surface area contributed by atoms with Gasteiger partial charge < -0.3 is 20.1 Å². The molecule has 0 atom stereocenters. The molecule has 1 amide bonds. The summed E-state index contributed by atoms with van der Waals surface area (Å²) < 4.78 is 10.6. The first kappa shape index (κ1) is 15.7. The molecule has 3 heterocycles. The molecule has 0 radical (unpaired) electrons. The average Bonchev–Trinajstić information content (AvgIpc) is 3.23. The topological polar surface area (TPSA) is 85.4 Å². The van der Waals surface area contributed by atoms with Crippen LogP contribution in [-0.2, 0) is 0 Å². The van der Waals surface area contributed by atoms with Crippen molar-refractivity contribution in [3.8, 4) is 11.5 Å². The molecule has 0 unspecified atom stereocenters. The molecule has 25 heavy (non-hydrogen) atoms. The van der Waals surface area contributed by atoms with Crippen LogP contribution in [0.25, 0.3) is 0 Å². The molecule has 1 aromatic carbocycles. The number of carbonyl (C=O) groups excluding carboxylic acids is 1. The number of halogens is 1. The van der Waals surface area contributed by atoms with Crippen LogP contribution < -0.4 is 20.1 Å². The van der Waals surface area contributed by atoms with Gasteiger partial charge in [-0.2, -0.15) is 0 Å². The van der Waals surface area contributed by atoms with E-state index in [1.54, 1.807) is 17.5 Å². The molecule has 0 saturated heterocycles. The number of nitrogens with zero attached hydrogens (tertiary/aromatic N) is 2. The number of fused-ring (bicyclic) bond motifs is 1. The van der Waals surface area contributed by atoms with Gasteiger partial charge in [0.1, 0.15) is 11.5 Å². The molecule has 2 N–H and O–H groups in total. The summed E-state index contributed by atoms with van der Waals surface area (Å²) in [6, 6.07) is 8.69. The predicted octanol–water partition coefficient (Wildman–Crippen LogP) is 3.92. The molecule has 0 fully saturated rings. The van der Waals surface area contributed by atoms with Gasteiger partial charge in [-0.15, -0.1) is 11.3 Å². The molecule has 9 heteroatoms. The van der Waals surface area contributed by atoms with Crippen LogP contribution in [0, 0.1) is 0 Å². The number of anilines is 3. The van der Waals surface area contributed by atoms with Crippen molar-refractivity contribution >= 4 is 45.5 Å². The number of hydrogen-bond acceptors (Lipinski definition) is 7. The zero-order valence-corrected chi connectivity index (χ0v) is 14.2. The third-order valence-corrected chi connectivity index (χ3v) is 4.32. The van der Waals surface area contributed by atoms with Gasteiger partial charge in [-0.1, -0.05) is 11.6 Å². The zero-order valence-electron chi connectivity index (χ0n) is 12.7. The molecule has 2 aromatic heterocycles. The maximum Gasteiger partial charge on any atom is 0.276 e. The van der Waals surface area contributed by atoms with E-state index in [0.29, 0.717) is 27.5 Å². The highest BCUT2D eigenvalue weighted by Crippen LogP contribution is 2.35. The van der Waals surface area contributed by atoms with E-state index in [-0.39, 0.29) is 18.4 Å². The number of hydrogen-bond donors (Lipinski definition) is 2. The van der Waals surface area contributed by atoms with E-state index in [9.17, 15) is 4.79 Å². The number of benzene rings is 1. The summed E-state index contributed by atoms with van der Waals surface area (Å²) in [5, 5.41) is 8.53. The molecule has 1 aliphatic heterocycles. The lowest BCUT2D eigenvalue weighted by atomic mass is 10.3. The highest BCUT2D eigenvalue weighted by molar-refractivity contribution is 7.14. The second-order valence-corrected chi connectivity index (χ2v) is 6.34. The molecule has 0 bridgehead atoms. The van der Waals surface area contributed by atoms with Gasteiger partial charge in [0, 0.05) is 28.4 Å². The molecule has 126 valence electrons. The predicted molar refractivity (Wildman–Crippen MR) is 95.2 cm³/mol. The van der Waals surface area contributed by atoms with Crippen molar-refractivity contribution < 1.29 is 14.3 Å². The summed E-state index contributed by atoms with van der Waals surface area (Å²) in [5.41, 5.74) is 1.08. The standard InChI is InChI=1S/C16H11ClN4O3S/c17-9-3-4-18-14(5-9)21-15(22)11-7-25-16(20-11)19-10-1-2-12-13(6-10)24-8-23-12/h1-7H,8H2,(H,19,20)(H,18,21,22). The summed E-state index contributed by atoms with van der Waals surface area (Å²) in [5.74, 6) is 1.39. The van der Waals surface area contributed by atoms with Crippen LogP contribution in [0.4, 0.5) is 16.6 Å². The smallest absolute Gasteiger partial charge is 0.276 e. The maximum absolute atomic E-state index is 12.2. The molecule has 4 rings (SSSR count). The second kappa shape index (κ2) is 6.58. The van der Waals surface area contributed by atoms with E-state index in [2.05, 4.69) is 20.6 Å². The zero-order chi connectivity index (χ0) is 17.2. The Labute approximate surface area is 151 Å². The van der Waals surface area contributed by atoms with Gasteiger partial charge in [0.15, 0.2) is 16.6 Å². The lowest BCUT2D eigenvalue weighted by Crippen LogP contribution is -2.13. The Morgan fingerprint density at radius 1 is 1.20 bits per heavy atom. The van der Waals surface area contributed by atoms with Gasteiger partial charge in [0.2, 0.25) is 6.79 Å². The number of nitrogens with one attached hydrogen (secondary N) is 2. The Bertz CT molecular complexity index is 947. The first-order valence-corrected chi connectivity index (χ1v) is 8.48. The van der Waals surface area contributed by atoms with Crippen molar-refractivity contribution in [2.45, 2.75) is 0 Å². The molecular weight excluding hydrogens is 364 g/mol. The first-order valence-electron chi connectivity index (χ1n) is 7.22. The van der Waals surface area contributed by atoms with Crippen molar-refractivity contribution in [1.29, 1.82) is 0 Å². The Hall–Kier alpha value is -2.84. The Morgan fingerprint density at radius 2 is 2.08 bits per heavy atom. The molecular formula is C16H11ClN4O3S. The first-order chi connectivity index (χ1) is 12.2. The third-order valence-electron chi connectivity index (χ3n) is 3.32. The third kappa shape index (κ3) is 3.49. The highest BCUT2D eigenvalue weighted by atomic mass is 35.5. The van der Waals surface area contributed by atoms with Gasteiger partial charge in [0.05, 0.1) is 0 Å². The number of carbonyl (C=O) groups is 1. The van der Waals surface area contributed by atoms with E-state index in [4.69, 9.17) is 21.1 Å². The fourth-order valence-electron chi connectivity index (χ4n) is 2.19. The van der Waals surface area contributed by atoms with E-state index < -0.39 is 0 Å². The van der Waals surface area contributed by atoms with Crippen LogP contribution in [0.5, 0.6) is 11.5 Å². The van der Waals surface area contributed by atoms with Crippen LogP contribution in [-0.4, -0.2) is 22.7 Å². The lowest BCUT2D eigenvalue weighted by Gasteiger charge is -2.04. The molecule has 3 aromatic rings. The number of pyridine rings is 1. The second-order valence-electron chi connectivity index (χ2n) is 5.04. The summed E-state index contributed by atoms with van der Waals surface area (Å²) in [6.07, 6.45) is 1.52. The summed E-state index contributed by atoms with van der Waals surface area (Å²) in [4.78, 5) is 20.5. The molecule has 0 saturated carbocycles. The largest absolute Gasteiger partial charge is 0.454 e. The normalized spacial score (nSPS) is 12.0. The van der Waals surface area contributed by atoms with Crippen LogP contribution in [0.3, 0.4) is 0 Å². The quantitative estimate of drug-likeness (QED) is 0.720. The van der Waals surface area contributed by atoms with Crippen LogP contribution in [0.1, 0.15) is 10.5 Å².